The van der Waals surface area contributed by atoms with Gasteiger partial charge in [-0.15, -0.1) is 0 Å². The minimum Gasteiger partial charge on any atom is -0.383 e. The Kier molecular flexibility index (Phi) is 5.81. The van der Waals surface area contributed by atoms with Gasteiger partial charge < -0.3 is 10.1 Å². The van der Waals surface area contributed by atoms with E-state index in [4.69, 9.17) is 16.3 Å². The molecular formula is C15H19BrClN3O. The molecule has 2 aromatic rings. The fraction of sp³-hybridized carbons (Fsp3) is 0.400. The lowest BCUT2D eigenvalue weighted by Gasteiger charge is -2.13. The Balaban J connectivity index is 2.32. The van der Waals surface area contributed by atoms with Gasteiger partial charge in [0.25, 0.3) is 0 Å². The van der Waals surface area contributed by atoms with E-state index in [-0.39, 0.29) is 0 Å². The standard InChI is InChI=1S/C15H19BrClN3O/c1-10-15(16)11(2)20(19-10)14-8-13(17)5-4-12(14)9-18-6-7-21-3/h4-5,8,18H,6-7,9H2,1-3H3. The van der Waals surface area contributed by atoms with Gasteiger partial charge in [-0.2, -0.15) is 5.10 Å². The van der Waals surface area contributed by atoms with Crippen LogP contribution < -0.4 is 5.32 Å². The second kappa shape index (κ2) is 7.40. The minimum absolute atomic E-state index is 0.689. The molecule has 0 bridgehead atoms. The van der Waals surface area contributed by atoms with E-state index in [0.29, 0.717) is 11.6 Å². The van der Waals surface area contributed by atoms with Gasteiger partial charge in [-0.05, 0) is 47.5 Å². The first-order valence-electron chi connectivity index (χ1n) is 6.74. The number of halogens is 2. The Hall–Kier alpha value is -0.880. The lowest BCUT2D eigenvalue weighted by molar-refractivity contribution is 0.199. The predicted molar refractivity (Wildman–Crippen MR) is 89.3 cm³/mol. The third-order valence-corrected chi connectivity index (χ3v) is 4.66. The summed E-state index contributed by atoms with van der Waals surface area (Å²) >= 11 is 9.72. The number of nitrogens with zero attached hydrogens (tertiary/aromatic N) is 2. The Bertz CT molecular complexity index is 628. The van der Waals surface area contributed by atoms with Crippen LogP contribution in [0.15, 0.2) is 22.7 Å². The van der Waals surface area contributed by atoms with Crippen molar-refractivity contribution in [2.45, 2.75) is 20.4 Å². The predicted octanol–water partition coefficient (Wildman–Crippen LogP) is 3.64. The van der Waals surface area contributed by atoms with Crippen molar-refractivity contribution in [1.29, 1.82) is 0 Å². The number of aryl methyl sites for hydroxylation is 1. The van der Waals surface area contributed by atoms with Gasteiger partial charge in [-0.3, -0.25) is 0 Å². The average molecular weight is 373 g/mol. The Morgan fingerprint density at radius 2 is 2.14 bits per heavy atom. The topological polar surface area (TPSA) is 39.1 Å². The summed E-state index contributed by atoms with van der Waals surface area (Å²) < 4.78 is 8.00. The highest BCUT2D eigenvalue weighted by molar-refractivity contribution is 9.10. The molecule has 2 rings (SSSR count). The highest BCUT2D eigenvalue weighted by Gasteiger charge is 2.13. The number of hydrogen-bond donors (Lipinski definition) is 1. The summed E-state index contributed by atoms with van der Waals surface area (Å²) in [6, 6.07) is 5.88. The minimum atomic E-state index is 0.689. The number of methoxy groups -OCH3 is 1. The molecule has 114 valence electrons. The number of rotatable bonds is 6. The van der Waals surface area contributed by atoms with Gasteiger partial charge in [0.1, 0.15) is 0 Å². The number of aromatic nitrogens is 2. The van der Waals surface area contributed by atoms with E-state index in [0.717, 1.165) is 40.2 Å². The third kappa shape index (κ3) is 3.86. The van der Waals surface area contributed by atoms with Crippen molar-refractivity contribution in [3.05, 3.63) is 44.6 Å². The summed E-state index contributed by atoms with van der Waals surface area (Å²) in [5.41, 5.74) is 4.17. The van der Waals surface area contributed by atoms with Crippen LogP contribution in [-0.4, -0.2) is 30.0 Å². The number of ether oxygens (including phenoxy) is 1. The first kappa shape index (κ1) is 16.5. The van der Waals surface area contributed by atoms with Gasteiger partial charge in [-0.25, -0.2) is 4.68 Å². The van der Waals surface area contributed by atoms with E-state index in [1.807, 2.05) is 36.7 Å². The Morgan fingerprint density at radius 1 is 1.38 bits per heavy atom. The lowest BCUT2D eigenvalue weighted by Crippen LogP contribution is -2.19. The van der Waals surface area contributed by atoms with Crippen molar-refractivity contribution >= 4 is 27.5 Å². The summed E-state index contributed by atoms with van der Waals surface area (Å²) in [5.74, 6) is 0. The Morgan fingerprint density at radius 3 is 2.76 bits per heavy atom. The van der Waals surface area contributed by atoms with E-state index in [1.54, 1.807) is 7.11 Å². The van der Waals surface area contributed by atoms with Crippen LogP contribution in [0.3, 0.4) is 0 Å². The first-order chi connectivity index (χ1) is 10.0. The zero-order valence-corrected chi connectivity index (χ0v) is 14.8. The van der Waals surface area contributed by atoms with Crippen molar-refractivity contribution < 1.29 is 4.74 Å². The molecule has 0 atom stereocenters. The molecule has 0 spiro atoms. The molecule has 6 heteroatoms. The fourth-order valence-electron chi connectivity index (χ4n) is 2.14. The molecule has 0 fully saturated rings. The maximum absolute atomic E-state index is 6.16. The molecule has 0 aliphatic carbocycles. The van der Waals surface area contributed by atoms with Crippen LogP contribution in [-0.2, 0) is 11.3 Å². The second-order valence-electron chi connectivity index (χ2n) is 4.84. The molecule has 1 aromatic heterocycles. The summed E-state index contributed by atoms with van der Waals surface area (Å²) in [5, 5.41) is 8.64. The molecule has 1 heterocycles. The average Bonchev–Trinajstić information content (AvgIpc) is 2.72. The van der Waals surface area contributed by atoms with Crippen molar-refractivity contribution in [3.63, 3.8) is 0 Å². The van der Waals surface area contributed by atoms with E-state index in [2.05, 4.69) is 26.3 Å². The Labute approximate surface area is 138 Å². The molecule has 21 heavy (non-hydrogen) atoms. The van der Waals surface area contributed by atoms with Crippen molar-refractivity contribution in [3.8, 4) is 5.69 Å². The first-order valence-corrected chi connectivity index (χ1v) is 7.92. The number of nitrogens with one attached hydrogen (secondary N) is 1. The summed E-state index contributed by atoms with van der Waals surface area (Å²) in [4.78, 5) is 0. The third-order valence-electron chi connectivity index (χ3n) is 3.28. The molecule has 0 saturated heterocycles. The van der Waals surface area contributed by atoms with Gasteiger partial charge in [0, 0.05) is 25.2 Å². The smallest absolute Gasteiger partial charge is 0.0743 e. The summed E-state index contributed by atoms with van der Waals surface area (Å²) in [6.45, 7) is 6.25. The largest absolute Gasteiger partial charge is 0.383 e. The van der Waals surface area contributed by atoms with E-state index in [1.165, 1.54) is 0 Å². The van der Waals surface area contributed by atoms with Gasteiger partial charge in [-0.1, -0.05) is 17.7 Å². The summed E-state index contributed by atoms with van der Waals surface area (Å²) in [6.07, 6.45) is 0. The van der Waals surface area contributed by atoms with E-state index < -0.39 is 0 Å². The zero-order valence-electron chi connectivity index (χ0n) is 12.4. The number of benzene rings is 1. The lowest BCUT2D eigenvalue weighted by atomic mass is 10.1. The van der Waals surface area contributed by atoms with Crippen molar-refractivity contribution in [2.24, 2.45) is 0 Å². The molecule has 0 amide bonds. The molecule has 4 nitrogen and oxygen atoms in total. The van der Waals surface area contributed by atoms with Gasteiger partial charge in [0.05, 0.1) is 28.2 Å². The van der Waals surface area contributed by atoms with Crippen LogP contribution in [0.1, 0.15) is 17.0 Å². The zero-order chi connectivity index (χ0) is 15.4. The maximum atomic E-state index is 6.16. The van der Waals surface area contributed by atoms with Crippen molar-refractivity contribution in [1.82, 2.24) is 15.1 Å². The second-order valence-corrected chi connectivity index (χ2v) is 6.07. The molecule has 0 saturated carbocycles. The van der Waals surface area contributed by atoms with Crippen LogP contribution >= 0.6 is 27.5 Å². The molecule has 0 unspecified atom stereocenters. The van der Waals surface area contributed by atoms with Gasteiger partial charge in [0.2, 0.25) is 0 Å². The van der Waals surface area contributed by atoms with Gasteiger partial charge in [0.15, 0.2) is 0 Å². The molecule has 0 radical (unpaired) electrons. The molecule has 1 N–H and O–H groups in total. The van der Waals surface area contributed by atoms with Crippen molar-refractivity contribution in [2.75, 3.05) is 20.3 Å². The van der Waals surface area contributed by atoms with Crippen LogP contribution in [0.25, 0.3) is 5.69 Å². The number of hydrogen-bond acceptors (Lipinski definition) is 3. The fourth-order valence-corrected chi connectivity index (χ4v) is 2.55. The maximum Gasteiger partial charge on any atom is 0.0743 e. The van der Waals surface area contributed by atoms with Gasteiger partial charge >= 0.3 is 0 Å². The molecule has 0 aliphatic heterocycles. The van der Waals surface area contributed by atoms with Crippen LogP contribution in [0.2, 0.25) is 5.02 Å². The van der Waals surface area contributed by atoms with Crippen LogP contribution in [0.4, 0.5) is 0 Å². The van der Waals surface area contributed by atoms with Crippen LogP contribution in [0.5, 0.6) is 0 Å². The molecule has 1 aromatic carbocycles. The normalized spacial score (nSPS) is 11.1. The van der Waals surface area contributed by atoms with Crippen LogP contribution in [0, 0.1) is 13.8 Å². The summed E-state index contributed by atoms with van der Waals surface area (Å²) in [7, 11) is 1.70. The SMILES string of the molecule is COCCNCc1ccc(Cl)cc1-n1nc(C)c(Br)c1C. The molecular weight excluding hydrogens is 354 g/mol. The van der Waals surface area contributed by atoms with E-state index >= 15 is 0 Å². The van der Waals surface area contributed by atoms with E-state index in [9.17, 15) is 0 Å². The highest BCUT2D eigenvalue weighted by Crippen LogP contribution is 2.26. The molecule has 0 aliphatic rings. The monoisotopic (exact) mass is 371 g/mol. The highest BCUT2D eigenvalue weighted by atomic mass is 79.9. The quantitative estimate of drug-likeness (QED) is 0.787.